The Kier molecular flexibility index (Phi) is 18.7. The maximum atomic E-state index is 5.43. The first-order valence-corrected chi connectivity index (χ1v) is 13.9. The van der Waals surface area contributed by atoms with Gasteiger partial charge in [0.15, 0.2) is 0 Å². The van der Waals surface area contributed by atoms with E-state index in [4.69, 9.17) is 4.74 Å². The van der Waals surface area contributed by atoms with Crippen LogP contribution in [0.1, 0.15) is 94.9 Å². The van der Waals surface area contributed by atoms with E-state index in [-0.39, 0.29) is 21.7 Å². The van der Waals surface area contributed by atoms with E-state index >= 15 is 0 Å². The van der Waals surface area contributed by atoms with Gasteiger partial charge >= 0.3 is 0 Å². The molecular weight excluding hydrogens is 417 g/mol. The summed E-state index contributed by atoms with van der Waals surface area (Å²) in [5.41, 5.74) is 3.57. The van der Waals surface area contributed by atoms with Crippen LogP contribution in [0.25, 0.3) is 0 Å². The average molecular weight is 468 g/mol. The fourth-order valence-corrected chi connectivity index (χ4v) is 9.33. The van der Waals surface area contributed by atoms with Crippen LogP contribution in [-0.2, 0) is 21.7 Å². The van der Waals surface area contributed by atoms with Gasteiger partial charge in [-0.25, -0.2) is 0 Å². The Morgan fingerprint density at radius 3 is 1.47 bits per heavy atom. The molecule has 0 radical (unpaired) electrons. The summed E-state index contributed by atoms with van der Waals surface area (Å²) in [6.45, 7) is 23.1. The first kappa shape index (κ1) is 32.1. The molecule has 172 valence electrons. The van der Waals surface area contributed by atoms with Crippen LogP contribution in [0.15, 0.2) is 53.0 Å². The van der Waals surface area contributed by atoms with Gasteiger partial charge in [-0.3, -0.25) is 4.74 Å². The van der Waals surface area contributed by atoms with Gasteiger partial charge in [0.2, 0.25) is 0 Å². The van der Waals surface area contributed by atoms with Crippen molar-refractivity contribution in [3.05, 3.63) is 48.2 Å². The molecule has 0 saturated heterocycles. The SMILES string of the molecule is CC(C)C=CC=CC(C)C.CCC(C)P(=NC1=CC=CC1)(C(C)CC)C(C)CC.[Ti]. The van der Waals surface area contributed by atoms with Crippen LogP contribution in [0, 0.1) is 11.8 Å². The molecule has 1 aliphatic carbocycles. The quantitative estimate of drug-likeness (QED) is 0.172. The molecule has 3 unspecified atom stereocenters. The van der Waals surface area contributed by atoms with Gasteiger partial charge in [-0.15, -0.1) is 0 Å². The molecule has 0 aromatic rings. The maximum absolute atomic E-state index is 5.43. The van der Waals surface area contributed by atoms with Crippen LogP contribution < -0.4 is 0 Å². The van der Waals surface area contributed by atoms with E-state index in [0.717, 1.165) is 23.4 Å². The second kappa shape index (κ2) is 17.5. The van der Waals surface area contributed by atoms with Crippen LogP contribution in [-0.4, -0.2) is 17.0 Å². The van der Waals surface area contributed by atoms with E-state index in [2.05, 4.69) is 112 Å². The Balaban J connectivity index is 0. The molecule has 0 bridgehead atoms. The van der Waals surface area contributed by atoms with Crippen molar-refractivity contribution >= 4 is 7.05 Å². The van der Waals surface area contributed by atoms with E-state index in [1.807, 2.05) is 0 Å². The van der Waals surface area contributed by atoms with Crippen molar-refractivity contribution in [1.29, 1.82) is 0 Å². The number of rotatable bonds is 10. The minimum absolute atomic E-state index is 0. The van der Waals surface area contributed by atoms with Crippen LogP contribution in [0.2, 0.25) is 0 Å². The summed E-state index contributed by atoms with van der Waals surface area (Å²) in [4.78, 5) is 0. The topological polar surface area (TPSA) is 12.4 Å². The first-order chi connectivity index (χ1) is 13.6. The fraction of sp³-hybridized carbons (Fsp3) is 0.704. The number of allylic oxidation sites excluding steroid dienone is 7. The summed E-state index contributed by atoms with van der Waals surface area (Å²) < 4.78 is 5.43. The van der Waals surface area contributed by atoms with E-state index < -0.39 is 7.05 Å². The molecule has 3 heteroatoms. The molecule has 3 atom stereocenters. The molecule has 0 spiro atoms. The largest absolute Gasteiger partial charge is 0.271 e. The average Bonchev–Trinajstić information content (AvgIpc) is 3.20. The van der Waals surface area contributed by atoms with Gasteiger partial charge in [-0.1, -0.05) is 106 Å². The zero-order chi connectivity index (χ0) is 22.4. The van der Waals surface area contributed by atoms with Gasteiger partial charge in [-0.05, 0) is 61.2 Å². The summed E-state index contributed by atoms with van der Waals surface area (Å²) in [5, 5.41) is 0. The summed E-state index contributed by atoms with van der Waals surface area (Å²) in [5.74, 6) is 1.33. The third-order valence-electron chi connectivity index (χ3n) is 6.05. The molecule has 1 rings (SSSR count). The fourth-order valence-electron chi connectivity index (χ4n) is 3.78. The minimum atomic E-state index is -1.30. The molecule has 0 aromatic carbocycles. The summed E-state index contributed by atoms with van der Waals surface area (Å²) >= 11 is 0. The molecule has 0 heterocycles. The van der Waals surface area contributed by atoms with Crippen LogP contribution in [0.5, 0.6) is 0 Å². The zero-order valence-electron chi connectivity index (χ0n) is 21.7. The molecule has 1 nitrogen and oxygen atoms in total. The van der Waals surface area contributed by atoms with Crippen molar-refractivity contribution < 1.29 is 21.7 Å². The van der Waals surface area contributed by atoms with Gasteiger partial charge in [-0.2, -0.15) is 0 Å². The van der Waals surface area contributed by atoms with Crippen molar-refractivity contribution in [3.63, 3.8) is 0 Å². The van der Waals surface area contributed by atoms with Crippen LogP contribution >= 0.6 is 7.05 Å². The molecule has 0 aliphatic heterocycles. The molecule has 30 heavy (non-hydrogen) atoms. The van der Waals surface area contributed by atoms with Gasteiger partial charge in [0, 0.05) is 33.8 Å². The second-order valence-corrected chi connectivity index (χ2v) is 13.6. The van der Waals surface area contributed by atoms with Crippen molar-refractivity contribution in [2.75, 3.05) is 0 Å². The monoisotopic (exact) mass is 467 g/mol. The molecule has 0 amide bonds. The Morgan fingerprint density at radius 2 is 1.20 bits per heavy atom. The Labute approximate surface area is 204 Å². The normalized spacial score (nSPS) is 18.6. The minimum Gasteiger partial charge on any atom is -0.271 e. The smallest absolute Gasteiger partial charge is 0.0425 e. The first-order valence-electron chi connectivity index (χ1n) is 12.0. The van der Waals surface area contributed by atoms with Crippen LogP contribution in [0.3, 0.4) is 0 Å². The van der Waals surface area contributed by atoms with Crippen molar-refractivity contribution in [3.8, 4) is 0 Å². The van der Waals surface area contributed by atoms with Gasteiger partial charge in [0.05, 0.1) is 0 Å². The van der Waals surface area contributed by atoms with Crippen molar-refractivity contribution in [1.82, 2.24) is 0 Å². The van der Waals surface area contributed by atoms with Crippen LogP contribution in [0.4, 0.5) is 0 Å². The Hall–Kier alpha value is -0.0957. The summed E-state index contributed by atoms with van der Waals surface area (Å²) in [6.07, 6.45) is 20.1. The number of nitrogens with zero attached hydrogens (tertiary/aromatic N) is 1. The third-order valence-corrected chi connectivity index (χ3v) is 12.0. The molecule has 0 saturated carbocycles. The number of hydrogen-bond acceptors (Lipinski definition) is 1. The summed E-state index contributed by atoms with van der Waals surface area (Å²) in [7, 11) is -1.30. The van der Waals surface area contributed by atoms with E-state index in [1.54, 1.807) is 0 Å². The van der Waals surface area contributed by atoms with Gasteiger partial charge in [0.25, 0.3) is 0 Å². The Bertz CT molecular complexity index is 561. The van der Waals surface area contributed by atoms with Gasteiger partial charge in [0.1, 0.15) is 0 Å². The van der Waals surface area contributed by atoms with E-state index in [1.165, 1.54) is 25.0 Å². The summed E-state index contributed by atoms with van der Waals surface area (Å²) in [6, 6.07) is 0. The Morgan fingerprint density at radius 1 is 0.800 bits per heavy atom. The van der Waals surface area contributed by atoms with E-state index in [0.29, 0.717) is 11.8 Å². The van der Waals surface area contributed by atoms with E-state index in [9.17, 15) is 0 Å². The molecular formula is C27H50NPTi. The van der Waals surface area contributed by atoms with Gasteiger partial charge < -0.3 is 0 Å². The molecule has 0 N–H and O–H groups in total. The number of hydrogen-bond donors (Lipinski definition) is 0. The third kappa shape index (κ3) is 11.0. The zero-order valence-corrected chi connectivity index (χ0v) is 24.1. The maximum Gasteiger partial charge on any atom is 0.0425 e. The molecule has 1 aliphatic rings. The van der Waals surface area contributed by atoms with Crippen molar-refractivity contribution in [2.45, 2.75) is 112 Å². The second-order valence-electron chi connectivity index (χ2n) is 9.21. The predicted molar refractivity (Wildman–Crippen MR) is 138 cm³/mol. The molecule has 0 fully saturated rings. The van der Waals surface area contributed by atoms with Crippen molar-refractivity contribution in [2.24, 2.45) is 16.6 Å². The molecule has 0 aromatic heterocycles. The predicted octanol–water partition coefficient (Wildman–Crippen LogP) is 9.84. The standard InChI is InChI=1S/C17H32NP.C10H18.Ti/c1-7-14(4)19(15(5)8-2,16(6)9-3)18-17-12-10-11-13-17;1-9(2)7-5-6-8-10(3)4;/h10-12,14-16H,7-9,13H2,1-6H3;5-10H,1-4H3;.